The molecule has 0 fully saturated rings. The fourth-order valence-electron chi connectivity index (χ4n) is 3.31. The number of fused-ring (bicyclic) bond motifs is 2. The van der Waals surface area contributed by atoms with Gasteiger partial charge in [-0.2, -0.15) is 5.10 Å². The van der Waals surface area contributed by atoms with E-state index in [1.807, 2.05) is 12.1 Å². The van der Waals surface area contributed by atoms with Gasteiger partial charge in [0.2, 0.25) is 5.78 Å². The molecule has 0 atom stereocenters. The number of halogens is 1. The fraction of sp³-hybridized carbons (Fsp3) is 0.0476. The van der Waals surface area contributed by atoms with Crippen molar-refractivity contribution in [2.45, 2.75) is 0 Å². The first-order chi connectivity index (χ1) is 13.6. The zero-order chi connectivity index (χ0) is 19.3. The lowest BCUT2D eigenvalue weighted by Crippen LogP contribution is -2.06. The molecule has 0 saturated heterocycles. The summed E-state index contributed by atoms with van der Waals surface area (Å²) in [4.78, 5) is 21.5. The second-order valence-corrected chi connectivity index (χ2v) is 6.56. The van der Waals surface area contributed by atoms with Gasteiger partial charge in [0.1, 0.15) is 5.69 Å². The Bertz CT molecular complexity index is 1370. The molecule has 28 heavy (non-hydrogen) atoms. The number of benzene rings is 1. The van der Waals surface area contributed by atoms with Crippen molar-refractivity contribution in [3.05, 3.63) is 84.5 Å². The largest absolute Gasteiger partial charge is 0.294 e. The Morgan fingerprint density at radius 2 is 1.93 bits per heavy atom. The molecule has 5 rings (SSSR count). The van der Waals surface area contributed by atoms with Crippen LogP contribution in [0.1, 0.15) is 16.1 Å². The third-order valence-corrected chi connectivity index (χ3v) is 4.70. The summed E-state index contributed by atoms with van der Waals surface area (Å²) in [5, 5.41) is 4.99. The van der Waals surface area contributed by atoms with E-state index in [4.69, 9.17) is 0 Å². The van der Waals surface area contributed by atoms with Gasteiger partial charge in [0.05, 0.1) is 17.9 Å². The highest BCUT2D eigenvalue weighted by atomic mass is 19.1. The lowest BCUT2D eigenvalue weighted by Gasteiger charge is -2.06. The van der Waals surface area contributed by atoms with Gasteiger partial charge in [-0.25, -0.2) is 9.37 Å². The molecule has 0 radical (unpaired) electrons. The maximum absolute atomic E-state index is 14.6. The third-order valence-electron chi connectivity index (χ3n) is 4.70. The lowest BCUT2D eigenvalue weighted by atomic mass is 10.1. The van der Waals surface area contributed by atoms with Crippen LogP contribution >= 0.6 is 0 Å². The molecule has 7 heteroatoms. The highest BCUT2D eigenvalue weighted by Crippen LogP contribution is 2.24. The van der Waals surface area contributed by atoms with E-state index in [0.717, 1.165) is 16.5 Å². The molecule has 5 aromatic rings. The monoisotopic (exact) mass is 371 g/mol. The Kier molecular flexibility index (Phi) is 3.55. The maximum atomic E-state index is 14.6. The Morgan fingerprint density at radius 1 is 1.04 bits per heavy atom. The van der Waals surface area contributed by atoms with Crippen LogP contribution < -0.4 is 0 Å². The SMILES string of the molecule is Cn1cc(-c2cc(F)c3ncc(C(=O)c4ccc5ncccc5c4)n3c2)cn1. The summed E-state index contributed by atoms with van der Waals surface area (Å²) < 4.78 is 17.7. The summed E-state index contributed by atoms with van der Waals surface area (Å²) in [5.74, 6) is -0.732. The van der Waals surface area contributed by atoms with Crippen LogP contribution in [0.2, 0.25) is 0 Å². The second kappa shape index (κ2) is 6.09. The standard InChI is InChI=1S/C21H14FN5O/c1-26-11-16(9-25-26)15-8-17(22)21-24-10-19(27(21)12-15)20(28)14-4-5-18-13(7-14)3-2-6-23-18/h2-12H,1H3. The average molecular weight is 371 g/mol. The van der Waals surface area contributed by atoms with Crippen LogP contribution in [-0.2, 0) is 7.05 Å². The summed E-state index contributed by atoms with van der Waals surface area (Å²) in [6.07, 6.45) is 8.25. The van der Waals surface area contributed by atoms with Crippen LogP contribution in [0.4, 0.5) is 4.39 Å². The predicted molar refractivity (Wildman–Crippen MR) is 103 cm³/mol. The van der Waals surface area contributed by atoms with E-state index in [0.29, 0.717) is 16.8 Å². The van der Waals surface area contributed by atoms with Crippen molar-refractivity contribution in [2.24, 2.45) is 7.05 Å². The number of nitrogens with zero attached hydrogens (tertiary/aromatic N) is 5. The maximum Gasteiger partial charge on any atom is 0.211 e. The number of hydrogen-bond acceptors (Lipinski definition) is 4. The molecule has 0 N–H and O–H groups in total. The molecule has 0 aliphatic rings. The van der Waals surface area contributed by atoms with Gasteiger partial charge in [-0.1, -0.05) is 6.07 Å². The first-order valence-corrected chi connectivity index (χ1v) is 8.65. The molecule has 0 aliphatic carbocycles. The van der Waals surface area contributed by atoms with Gasteiger partial charge >= 0.3 is 0 Å². The summed E-state index contributed by atoms with van der Waals surface area (Å²) in [7, 11) is 1.79. The Morgan fingerprint density at radius 3 is 2.75 bits per heavy atom. The molecule has 1 aromatic carbocycles. The molecule has 136 valence electrons. The second-order valence-electron chi connectivity index (χ2n) is 6.56. The normalized spacial score (nSPS) is 11.4. The molecule has 0 saturated carbocycles. The summed E-state index contributed by atoms with van der Waals surface area (Å²) in [6.45, 7) is 0. The van der Waals surface area contributed by atoms with Gasteiger partial charge in [0.15, 0.2) is 11.5 Å². The van der Waals surface area contributed by atoms with E-state index in [9.17, 15) is 9.18 Å². The quantitative estimate of drug-likeness (QED) is 0.454. The van der Waals surface area contributed by atoms with Crippen LogP contribution in [-0.4, -0.2) is 29.9 Å². The molecule has 0 aliphatic heterocycles. The number of rotatable bonds is 3. The number of aryl methyl sites for hydroxylation is 1. The number of pyridine rings is 2. The van der Waals surface area contributed by atoms with Crippen molar-refractivity contribution >= 4 is 22.3 Å². The zero-order valence-electron chi connectivity index (χ0n) is 14.9. The van der Waals surface area contributed by atoms with Crippen molar-refractivity contribution in [3.8, 4) is 11.1 Å². The number of carbonyl (C=O) groups excluding carboxylic acids is 1. The van der Waals surface area contributed by atoms with E-state index in [1.165, 1.54) is 16.7 Å². The molecule has 0 spiro atoms. The van der Waals surface area contributed by atoms with Crippen molar-refractivity contribution in [1.29, 1.82) is 0 Å². The first-order valence-electron chi connectivity index (χ1n) is 8.65. The minimum absolute atomic E-state index is 0.110. The van der Waals surface area contributed by atoms with E-state index in [1.54, 1.807) is 54.7 Å². The Hall–Kier alpha value is -3.87. The van der Waals surface area contributed by atoms with Gasteiger partial charge in [-0.15, -0.1) is 0 Å². The van der Waals surface area contributed by atoms with E-state index >= 15 is 0 Å². The molecule has 4 aromatic heterocycles. The minimum atomic E-state index is -0.497. The van der Waals surface area contributed by atoms with E-state index in [-0.39, 0.29) is 11.4 Å². The molecule has 6 nitrogen and oxygen atoms in total. The molecule has 0 amide bonds. The number of imidazole rings is 1. The molecular weight excluding hydrogens is 357 g/mol. The Balaban J connectivity index is 1.65. The summed E-state index contributed by atoms with van der Waals surface area (Å²) in [5.41, 5.74) is 3.08. The van der Waals surface area contributed by atoms with Gasteiger partial charge in [-0.05, 0) is 30.3 Å². The zero-order valence-corrected chi connectivity index (χ0v) is 14.9. The lowest BCUT2D eigenvalue weighted by molar-refractivity contribution is 0.103. The Labute approximate surface area is 158 Å². The topological polar surface area (TPSA) is 65.1 Å². The van der Waals surface area contributed by atoms with Crippen molar-refractivity contribution in [2.75, 3.05) is 0 Å². The number of ketones is 1. The molecular formula is C21H14FN5O. The summed E-state index contributed by atoms with van der Waals surface area (Å²) >= 11 is 0. The van der Waals surface area contributed by atoms with Crippen molar-refractivity contribution in [1.82, 2.24) is 24.1 Å². The summed E-state index contributed by atoms with van der Waals surface area (Å²) in [6, 6.07) is 10.4. The number of aromatic nitrogens is 5. The van der Waals surface area contributed by atoms with Crippen LogP contribution in [0.5, 0.6) is 0 Å². The van der Waals surface area contributed by atoms with E-state index in [2.05, 4.69) is 15.1 Å². The number of hydrogen-bond donors (Lipinski definition) is 0. The highest BCUT2D eigenvalue weighted by Gasteiger charge is 2.18. The predicted octanol–water partition coefficient (Wildman–Crippen LogP) is 3.65. The van der Waals surface area contributed by atoms with Crippen LogP contribution in [0, 0.1) is 5.82 Å². The van der Waals surface area contributed by atoms with Crippen molar-refractivity contribution < 1.29 is 9.18 Å². The van der Waals surface area contributed by atoms with Gasteiger partial charge in [0, 0.05) is 47.7 Å². The van der Waals surface area contributed by atoms with Crippen LogP contribution in [0.15, 0.2) is 67.4 Å². The van der Waals surface area contributed by atoms with Gasteiger partial charge in [0.25, 0.3) is 0 Å². The third kappa shape index (κ3) is 2.56. The van der Waals surface area contributed by atoms with Crippen molar-refractivity contribution in [3.63, 3.8) is 0 Å². The molecule has 0 bridgehead atoms. The smallest absolute Gasteiger partial charge is 0.211 e. The van der Waals surface area contributed by atoms with Crippen LogP contribution in [0.25, 0.3) is 27.7 Å². The highest BCUT2D eigenvalue weighted by molar-refractivity contribution is 6.09. The average Bonchev–Trinajstić information content (AvgIpc) is 3.33. The van der Waals surface area contributed by atoms with E-state index < -0.39 is 5.82 Å². The van der Waals surface area contributed by atoms with Crippen LogP contribution in [0.3, 0.4) is 0 Å². The van der Waals surface area contributed by atoms with Gasteiger partial charge in [-0.3, -0.25) is 18.9 Å². The minimum Gasteiger partial charge on any atom is -0.294 e. The fourth-order valence-corrected chi connectivity index (χ4v) is 3.31. The first kappa shape index (κ1) is 16.3. The molecule has 4 heterocycles. The van der Waals surface area contributed by atoms with Gasteiger partial charge < -0.3 is 0 Å². The number of carbonyl (C=O) groups is 1. The molecule has 0 unspecified atom stereocenters.